The lowest BCUT2D eigenvalue weighted by Gasteiger charge is -2.33. The van der Waals surface area contributed by atoms with Gasteiger partial charge in [0.1, 0.15) is 12.1 Å². The van der Waals surface area contributed by atoms with Crippen molar-refractivity contribution in [2.75, 3.05) is 19.6 Å². The third kappa shape index (κ3) is 5.94. The van der Waals surface area contributed by atoms with Crippen LogP contribution >= 0.6 is 0 Å². The zero-order chi connectivity index (χ0) is 27.7. The van der Waals surface area contributed by atoms with Gasteiger partial charge in [0.25, 0.3) is 0 Å². The third-order valence-corrected chi connectivity index (χ3v) is 7.95. The summed E-state index contributed by atoms with van der Waals surface area (Å²) in [5, 5.41) is 3.31. The molecule has 2 fully saturated rings. The van der Waals surface area contributed by atoms with Gasteiger partial charge in [-0.2, -0.15) is 0 Å². The van der Waals surface area contributed by atoms with Crippen LogP contribution in [0.5, 0.6) is 0 Å². The Balaban J connectivity index is 1.38. The maximum absolute atomic E-state index is 14.2. The van der Waals surface area contributed by atoms with E-state index < -0.39 is 7.40 Å². The SMILES string of the molecule is CC1=CC(C)=N/C1=C(/c1ccc(CN2CCNC(C(=O)OC3CCCC3)C2)cc1)c1c(C)cc(C)n1B(F)F. The maximum Gasteiger partial charge on any atom is 0.677 e. The van der Waals surface area contributed by atoms with E-state index in [-0.39, 0.29) is 18.1 Å². The summed E-state index contributed by atoms with van der Waals surface area (Å²) in [7, 11) is -2.65. The van der Waals surface area contributed by atoms with Gasteiger partial charge >= 0.3 is 13.4 Å². The molecular weight excluding hydrogens is 497 g/mol. The van der Waals surface area contributed by atoms with Gasteiger partial charge in [0, 0.05) is 48.9 Å². The van der Waals surface area contributed by atoms with E-state index in [9.17, 15) is 13.4 Å². The van der Waals surface area contributed by atoms with E-state index in [0.29, 0.717) is 24.5 Å². The molecule has 1 aromatic heterocycles. The van der Waals surface area contributed by atoms with E-state index in [1.165, 1.54) is 0 Å². The summed E-state index contributed by atoms with van der Waals surface area (Å²) in [5.41, 5.74) is 7.04. The molecule has 5 rings (SSSR count). The number of allylic oxidation sites excluding steroid dienone is 2. The summed E-state index contributed by atoms with van der Waals surface area (Å²) in [6.45, 7) is 10.3. The molecule has 3 aliphatic rings. The second-order valence-corrected chi connectivity index (χ2v) is 11.1. The van der Waals surface area contributed by atoms with E-state index >= 15 is 0 Å². The van der Waals surface area contributed by atoms with Crippen molar-refractivity contribution in [3.05, 3.63) is 75.8 Å². The topological polar surface area (TPSA) is 58.9 Å². The van der Waals surface area contributed by atoms with Crippen LogP contribution in [-0.2, 0) is 16.1 Å². The summed E-state index contributed by atoms with van der Waals surface area (Å²) >= 11 is 0. The quantitative estimate of drug-likeness (QED) is 0.386. The van der Waals surface area contributed by atoms with Gasteiger partial charge in [0.05, 0.1) is 5.70 Å². The zero-order valence-electron chi connectivity index (χ0n) is 23.3. The summed E-state index contributed by atoms with van der Waals surface area (Å²) in [6.07, 6.45) is 6.25. The van der Waals surface area contributed by atoms with Crippen LogP contribution in [0.3, 0.4) is 0 Å². The second-order valence-electron chi connectivity index (χ2n) is 11.1. The minimum absolute atomic E-state index is 0.0654. The highest BCUT2D eigenvalue weighted by atomic mass is 19.2. The number of esters is 1. The molecule has 1 aromatic carbocycles. The van der Waals surface area contributed by atoms with Crippen LogP contribution in [0.1, 0.15) is 67.6 Å². The number of carbonyl (C=O) groups is 1. The molecule has 6 nitrogen and oxygen atoms in total. The predicted octanol–water partition coefficient (Wildman–Crippen LogP) is 5.32. The van der Waals surface area contributed by atoms with Gasteiger partial charge in [-0.1, -0.05) is 24.3 Å². The number of nitrogens with one attached hydrogen (secondary N) is 1. The van der Waals surface area contributed by atoms with Gasteiger partial charge in [0.2, 0.25) is 0 Å². The Morgan fingerprint density at radius 1 is 1.13 bits per heavy atom. The van der Waals surface area contributed by atoms with Crippen molar-refractivity contribution < 1.29 is 18.2 Å². The summed E-state index contributed by atoms with van der Waals surface area (Å²) in [5.74, 6) is -0.151. The third-order valence-electron chi connectivity index (χ3n) is 7.95. The lowest BCUT2D eigenvalue weighted by atomic mass is 9.94. The van der Waals surface area contributed by atoms with Crippen LogP contribution in [0.15, 0.2) is 52.7 Å². The Labute approximate surface area is 230 Å². The fourth-order valence-electron chi connectivity index (χ4n) is 6.10. The normalized spacial score (nSPS) is 21.6. The number of halogens is 2. The number of hydrogen-bond donors (Lipinski definition) is 1. The molecular formula is C30H37BF2N4O2. The van der Waals surface area contributed by atoms with Gasteiger partial charge < -0.3 is 14.5 Å². The number of aryl methyl sites for hydroxylation is 2. The molecule has 0 amide bonds. The number of benzene rings is 1. The van der Waals surface area contributed by atoms with Crippen molar-refractivity contribution >= 4 is 24.7 Å². The van der Waals surface area contributed by atoms with Crippen LogP contribution in [0, 0.1) is 13.8 Å². The number of piperazine rings is 1. The largest absolute Gasteiger partial charge is 0.677 e. The molecule has 3 heterocycles. The molecule has 2 aliphatic heterocycles. The number of aromatic nitrogens is 1. The monoisotopic (exact) mass is 534 g/mol. The minimum atomic E-state index is -2.65. The highest BCUT2D eigenvalue weighted by molar-refractivity contribution is 6.41. The average Bonchev–Trinajstić information content (AvgIpc) is 3.60. The maximum atomic E-state index is 14.2. The van der Waals surface area contributed by atoms with E-state index in [0.717, 1.165) is 82.5 Å². The molecule has 0 spiro atoms. The molecule has 1 saturated heterocycles. The van der Waals surface area contributed by atoms with Gasteiger partial charge in [-0.3, -0.25) is 23.3 Å². The number of hydrogen-bond acceptors (Lipinski definition) is 5. The number of ether oxygens (including phenoxy) is 1. The van der Waals surface area contributed by atoms with Crippen molar-refractivity contribution in [2.24, 2.45) is 4.99 Å². The van der Waals surface area contributed by atoms with Crippen LogP contribution in [-0.4, -0.2) is 60.2 Å². The van der Waals surface area contributed by atoms with Gasteiger partial charge in [0.15, 0.2) is 0 Å². The van der Waals surface area contributed by atoms with Gasteiger partial charge in [-0.05, 0) is 87.8 Å². The van der Waals surface area contributed by atoms with Gasteiger partial charge in [-0.25, -0.2) is 0 Å². The summed E-state index contributed by atoms with van der Waals surface area (Å²) < 4.78 is 35.3. The smallest absolute Gasteiger partial charge is 0.461 e. The molecule has 0 radical (unpaired) electrons. The van der Waals surface area contributed by atoms with E-state index in [2.05, 4.69) is 10.2 Å². The van der Waals surface area contributed by atoms with Crippen LogP contribution < -0.4 is 5.32 Å². The first-order chi connectivity index (χ1) is 18.7. The highest BCUT2D eigenvalue weighted by Gasteiger charge is 2.31. The summed E-state index contributed by atoms with van der Waals surface area (Å²) in [4.78, 5) is 19.7. The lowest BCUT2D eigenvalue weighted by Crippen LogP contribution is -2.54. The Hall–Kier alpha value is -3.04. The summed E-state index contributed by atoms with van der Waals surface area (Å²) in [6, 6.07) is 9.58. The highest BCUT2D eigenvalue weighted by Crippen LogP contribution is 2.37. The molecule has 2 aromatic rings. The van der Waals surface area contributed by atoms with Crippen molar-refractivity contribution in [2.45, 2.75) is 72.1 Å². The van der Waals surface area contributed by atoms with Crippen LogP contribution in [0.2, 0.25) is 0 Å². The number of nitrogens with zero attached hydrogens (tertiary/aromatic N) is 3. The Morgan fingerprint density at radius 3 is 2.49 bits per heavy atom. The van der Waals surface area contributed by atoms with E-state index in [1.54, 1.807) is 13.0 Å². The molecule has 39 heavy (non-hydrogen) atoms. The van der Waals surface area contributed by atoms with Crippen molar-refractivity contribution in [3.8, 4) is 0 Å². The van der Waals surface area contributed by atoms with Gasteiger partial charge in [-0.15, -0.1) is 0 Å². The minimum Gasteiger partial charge on any atom is -0.461 e. The first kappa shape index (κ1) is 27.5. The molecule has 1 saturated carbocycles. The fraction of sp³-hybridized carbons (Fsp3) is 0.467. The molecule has 206 valence electrons. The average molecular weight is 534 g/mol. The standard InChI is InChI=1S/C30H37BF2N4O2/c1-19-15-21(3)35-28(19)27(29-20(2)16-22(4)37(29)31(32)33)24-11-9-23(10-12-24)17-36-14-13-34-26(18-36)30(38)39-25-7-5-6-8-25/h9-12,15-16,25-26,34H,5-8,13-14,17-18H2,1-4H3/b28-27-. The number of carbonyl (C=O) groups excluding carboxylic acids is 1. The van der Waals surface area contributed by atoms with Crippen molar-refractivity contribution in [1.29, 1.82) is 0 Å². The Kier molecular flexibility index (Phi) is 8.19. The molecule has 1 N–H and O–H groups in total. The molecule has 1 aliphatic carbocycles. The van der Waals surface area contributed by atoms with Crippen LogP contribution in [0.4, 0.5) is 8.63 Å². The first-order valence-corrected chi connectivity index (χ1v) is 13.9. The van der Waals surface area contributed by atoms with Crippen molar-refractivity contribution in [3.63, 3.8) is 0 Å². The van der Waals surface area contributed by atoms with E-state index in [1.807, 2.05) is 51.1 Å². The van der Waals surface area contributed by atoms with Crippen LogP contribution in [0.25, 0.3) is 5.57 Å². The second kappa shape index (κ2) is 11.6. The number of aliphatic imine (C=N–C) groups is 1. The number of rotatable bonds is 7. The molecule has 9 heteroatoms. The Morgan fingerprint density at radius 2 is 1.85 bits per heavy atom. The lowest BCUT2D eigenvalue weighted by molar-refractivity contribution is -0.152. The molecule has 1 unspecified atom stereocenters. The van der Waals surface area contributed by atoms with E-state index in [4.69, 9.17) is 9.73 Å². The Bertz CT molecular complexity index is 1320. The zero-order valence-corrected chi connectivity index (χ0v) is 23.3. The van der Waals surface area contributed by atoms with Crippen molar-refractivity contribution in [1.82, 2.24) is 14.7 Å². The first-order valence-electron chi connectivity index (χ1n) is 13.9. The molecule has 0 bridgehead atoms. The predicted molar refractivity (Wildman–Crippen MR) is 152 cm³/mol. The molecule has 1 atom stereocenters. The fourth-order valence-corrected chi connectivity index (χ4v) is 6.10.